The first-order valence-electron chi connectivity index (χ1n) is 12.4. The van der Waals surface area contributed by atoms with E-state index in [1.807, 2.05) is 23.5 Å². The van der Waals surface area contributed by atoms with Gasteiger partial charge in [-0.25, -0.2) is 0 Å². The summed E-state index contributed by atoms with van der Waals surface area (Å²) in [5, 5.41) is 7.50. The molecular weight excluding hydrogens is 470 g/mol. The first-order valence-corrected chi connectivity index (χ1v) is 13.3. The molecule has 0 aliphatic carbocycles. The smallest absolute Gasteiger partial charge is 0.135 e. The zero-order valence-electron chi connectivity index (χ0n) is 19.9. The lowest BCUT2D eigenvalue weighted by molar-refractivity contribution is 0.669. The number of anilines is 3. The van der Waals surface area contributed by atoms with E-state index in [4.69, 9.17) is 4.42 Å². The topological polar surface area (TPSA) is 16.4 Å². The van der Waals surface area contributed by atoms with E-state index in [1.54, 1.807) is 0 Å². The zero-order valence-corrected chi connectivity index (χ0v) is 20.7. The average molecular weight is 492 g/mol. The Labute approximate surface area is 217 Å². The van der Waals surface area contributed by atoms with Crippen molar-refractivity contribution in [1.29, 1.82) is 0 Å². The molecule has 0 N–H and O–H groups in total. The van der Waals surface area contributed by atoms with Gasteiger partial charge in [0.25, 0.3) is 0 Å². The Balaban J connectivity index is 1.36. The standard InChI is InChI=1S/C34H21NOS/c1-2-9-23(10-3-1)35(24-16-19-32-30(20-24)27-12-6-7-13-31(27)36-32)25-15-18-28-29-17-14-22-8-4-5-11-26(22)34(29)37-33(28)21-25/h1-21H. The highest BCUT2D eigenvalue weighted by atomic mass is 32.1. The number of fused-ring (bicyclic) bond motifs is 8. The molecule has 37 heavy (non-hydrogen) atoms. The largest absolute Gasteiger partial charge is 0.456 e. The maximum atomic E-state index is 6.11. The molecule has 2 heterocycles. The van der Waals surface area contributed by atoms with Crippen LogP contribution in [-0.4, -0.2) is 0 Å². The summed E-state index contributed by atoms with van der Waals surface area (Å²) < 4.78 is 8.75. The summed E-state index contributed by atoms with van der Waals surface area (Å²) in [6.45, 7) is 0. The highest BCUT2D eigenvalue weighted by Gasteiger charge is 2.17. The molecule has 2 aromatic heterocycles. The van der Waals surface area contributed by atoms with E-state index >= 15 is 0 Å². The van der Waals surface area contributed by atoms with Crippen molar-refractivity contribution in [3.8, 4) is 0 Å². The first kappa shape index (κ1) is 20.6. The Bertz CT molecular complexity index is 2100. The van der Waals surface area contributed by atoms with E-state index in [2.05, 4.69) is 120 Å². The van der Waals surface area contributed by atoms with Crippen LogP contribution in [0.15, 0.2) is 132 Å². The van der Waals surface area contributed by atoms with Crippen LogP contribution in [0.2, 0.25) is 0 Å². The molecule has 0 bridgehead atoms. The van der Waals surface area contributed by atoms with Gasteiger partial charge in [-0.15, -0.1) is 11.3 Å². The van der Waals surface area contributed by atoms with Gasteiger partial charge in [0.2, 0.25) is 0 Å². The van der Waals surface area contributed by atoms with Gasteiger partial charge >= 0.3 is 0 Å². The summed E-state index contributed by atoms with van der Waals surface area (Å²) >= 11 is 1.88. The van der Waals surface area contributed by atoms with Crippen LogP contribution in [0.5, 0.6) is 0 Å². The van der Waals surface area contributed by atoms with E-state index in [0.29, 0.717) is 0 Å². The Morgan fingerprint density at radius 1 is 0.459 bits per heavy atom. The van der Waals surface area contributed by atoms with Gasteiger partial charge in [-0.05, 0) is 59.3 Å². The minimum atomic E-state index is 0.907. The van der Waals surface area contributed by atoms with Crippen molar-refractivity contribution in [2.75, 3.05) is 4.90 Å². The van der Waals surface area contributed by atoms with Crippen molar-refractivity contribution in [2.45, 2.75) is 0 Å². The molecule has 8 aromatic rings. The molecule has 8 rings (SSSR count). The van der Waals surface area contributed by atoms with E-state index in [-0.39, 0.29) is 0 Å². The second kappa shape index (κ2) is 7.95. The van der Waals surface area contributed by atoms with Gasteiger partial charge in [0.15, 0.2) is 0 Å². The van der Waals surface area contributed by atoms with Crippen molar-refractivity contribution in [2.24, 2.45) is 0 Å². The highest BCUT2D eigenvalue weighted by molar-refractivity contribution is 7.26. The highest BCUT2D eigenvalue weighted by Crippen LogP contribution is 2.43. The molecule has 2 nitrogen and oxygen atoms in total. The summed E-state index contributed by atoms with van der Waals surface area (Å²) in [4.78, 5) is 2.34. The molecule has 174 valence electrons. The fourth-order valence-electron chi connectivity index (χ4n) is 5.51. The lowest BCUT2D eigenvalue weighted by Crippen LogP contribution is -2.09. The Kier molecular flexibility index (Phi) is 4.42. The number of para-hydroxylation sites is 2. The van der Waals surface area contributed by atoms with Gasteiger partial charge in [-0.3, -0.25) is 0 Å². The SMILES string of the molecule is c1ccc(N(c2ccc3c(c2)sc2c4ccccc4ccc32)c2ccc3oc4ccccc4c3c2)cc1. The number of nitrogens with zero attached hydrogens (tertiary/aromatic N) is 1. The summed E-state index contributed by atoms with van der Waals surface area (Å²) in [7, 11) is 0. The fraction of sp³-hybridized carbons (Fsp3) is 0. The molecule has 0 saturated heterocycles. The van der Waals surface area contributed by atoms with Crippen LogP contribution < -0.4 is 4.90 Å². The predicted octanol–water partition coefficient (Wildman–Crippen LogP) is 10.6. The number of hydrogen-bond donors (Lipinski definition) is 0. The van der Waals surface area contributed by atoms with Crippen LogP contribution in [0.1, 0.15) is 0 Å². The molecule has 0 radical (unpaired) electrons. The van der Waals surface area contributed by atoms with E-state index < -0.39 is 0 Å². The monoisotopic (exact) mass is 491 g/mol. The van der Waals surface area contributed by atoms with Gasteiger partial charge in [0.1, 0.15) is 11.2 Å². The normalized spacial score (nSPS) is 11.8. The Hall–Kier alpha value is -4.60. The zero-order chi connectivity index (χ0) is 24.3. The van der Waals surface area contributed by atoms with Gasteiger partial charge < -0.3 is 9.32 Å². The predicted molar refractivity (Wildman–Crippen MR) is 159 cm³/mol. The van der Waals surface area contributed by atoms with Gasteiger partial charge in [0, 0.05) is 48.0 Å². The van der Waals surface area contributed by atoms with Crippen molar-refractivity contribution < 1.29 is 4.42 Å². The lowest BCUT2D eigenvalue weighted by Gasteiger charge is -2.25. The first-order chi connectivity index (χ1) is 18.3. The summed E-state index contributed by atoms with van der Waals surface area (Å²) in [5.41, 5.74) is 5.20. The molecule has 0 spiro atoms. The van der Waals surface area contributed by atoms with Gasteiger partial charge in [0.05, 0.1) is 0 Å². The van der Waals surface area contributed by atoms with Crippen LogP contribution >= 0.6 is 11.3 Å². The Morgan fingerprint density at radius 3 is 2.08 bits per heavy atom. The molecule has 0 saturated carbocycles. The molecule has 0 amide bonds. The van der Waals surface area contributed by atoms with E-state index in [0.717, 1.165) is 39.0 Å². The number of rotatable bonds is 3. The van der Waals surface area contributed by atoms with Crippen LogP contribution in [0.3, 0.4) is 0 Å². The summed E-state index contributed by atoms with van der Waals surface area (Å²) in [5.74, 6) is 0. The van der Waals surface area contributed by atoms with Crippen molar-refractivity contribution in [3.63, 3.8) is 0 Å². The molecule has 3 heteroatoms. The van der Waals surface area contributed by atoms with Crippen LogP contribution in [0.4, 0.5) is 17.1 Å². The third-order valence-corrected chi connectivity index (χ3v) is 8.44. The maximum absolute atomic E-state index is 6.11. The Morgan fingerprint density at radius 2 is 1.16 bits per heavy atom. The molecule has 0 atom stereocenters. The van der Waals surface area contributed by atoms with Gasteiger partial charge in [-0.2, -0.15) is 0 Å². The number of benzene rings is 6. The van der Waals surface area contributed by atoms with Crippen LogP contribution in [0.25, 0.3) is 52.9 Å². The fourth-order valence-corrected chi connectivity index (χ4v) is 6.78. The van der Waals surface area contributed by atoms with E-state index in [9.17, 15) is 0 Å². The second-order valence-electron chi connectivity index (χ2n) is 9.40. The molecule has 6 aromatic carbocycles. The van der Waals surface area contributed by atoms with Crippen molar-refractivity contribution in [3.05, 3.63) is 127 Å². The molecule has 0 aliphatic rings. The lowest BCUT2D eigenvalue weighted by atomic mass is 10.1. The minimum absolute atomic E-state index is 0.907. The molecule has 0 aliphatic heterocycles. The maximum Gasteiger partial charge on any atom is 0.135 e. The van der Waals surface area contributed by atoms with Gasteiger partial charge in [-0.1, -0.05) is 78.9 Å². The van der Waals surface area contributed by atoms with Crippen molar-refractivity contribution >= 4 is 81.3 Å². The number of thiophene rings is 1. The van der Waals surface area contributed by atoms with E-state index in [1.165, 1.54) is 30.9 Å². The van der Waals surface area contributed by atoms with Crippen LogP contribution in [0, 0.1) is 0 Å². The summed E-state index contributed by atoms with van der Waals surface area (Å²) in [6, 6.07) is 45.3. The minimum Gasteiger partial charge on any atom is -0.456 e. The third-order valence-electron chi connectivity index (χ3n) is 7.24. The molecule has 0 fully saturated rings. The average Bonchev–Trinajstić information content (AvgIpc) is 3.52. The number of furan rings is 1. The number of hydrogen-bond acceptors (Lipinski definition) is 3. The molecular formula is C34H21NOS. The second-order valence-corrected chi connectivity index (χ2v) is 10.4. The quantitative estimate of drug-likeness (QED) is 0.244. The molecule has 0 unspecified atom stereocenters. The third kappa shape index (κ3) is 3.18. The van der Waals surface area contributed by atoms with Crippen LogP contribution in [-0.2, 0) is 0 Å². The van der Waals surface area contributed by atoms with Crippen molar-refractivity contribution in [1.82, 2.24) is 0 Å². The summed E-state index contributed by atoms with van der Waals surface area (Å²) in [6.07, 6.45) is 0.